The summed E-state index contributed by atoms with van der Waals surface area (Å²) in [7, 11) is 0. The number of carbonyl (C=O) groups is 1. The number of aryl methyl sites for hydroxylation is 1. The first-order valence-electron chi connectivity index (χ1n) is 7.26. The van der Waals surface area contributed by atoms with Gasteiger partial charge in [0, 0.05) is 13.1 Å². The maximum atomic E-state index is 13.7. The second-order valence-corrected chi connectivity index (χ2v) is 6.15. The standard InChI is InChI=1S/C17H15FN4OS/c1-10-16(24-17(20-10)21-11(2)23)12-7-8-19-15(9-12)22-14-6-4-3-5-13(14)18/h3-9H,1-2H3,(H,19,22)(H,20,21,23). The molecule has 0 aliphatic carbocycles. The van der Waals surface area contributed by atoms with E-state index in [2.05, 4.69) is 20.6 Å². The average molecular weight is 342 g/mol. The van der Waals surface area contributed by atoms with Gasteiger partial charge in [-0.15, -0.1) is 0 Å². The van der Waals surface area contributed by atoms with Gasteiger partial charge in [-0.05, 0) is 36.8 Å². The normalized spacial score (nSPS) is 10.5. The molecule has 24 heavy (non-hydrogen) atoms. The Balaban J connectivity index is 1.89. The van der Waals surface area contributed by atoms with Crippen LogP contribution in [-0.2, 0) is 4.79 Å². The molecule has 3 aromatic rings. The molecule has 122 valence electrons. The summed E-state index contributed by atoms with van der Waals surface area (Å²) in [5.74, 6) is 0.0324. The molecule has 0 aliphatic rings. The number of halogens is 1. The van der Waals surface area contributed by atoms with Crippen molar-refractivity contribution in [3.63, 3.8) is 0 Å². The first-order valence-corrected chi connectivity index (χ1v) is 8.07. The van der Waals surface area contributed by atoms with Crippen molar-refractivity contribution in [2.24, 2.45) is 0 Å². The molecule has 1 amide bonds. The molecular weight excluding hydrogens is 327 g/mol. The number of rotatable bonds is 4. The molecule has 1 aromatic carbocycles. The van der Waals surface area contributed by atoms with Crippen molar-refractivity contribution in [1.29, 1.82) is 0 Å². The van der Waals surface area contributed by atoms with Gasteiger partial charge in [0.2, 0.25) is 5.91 Å². The first-order chi connectivity index (χ1) is 11.5. The Labute approximate surface area is 142 Å². The zero-order valence-electron chi connectivity index (χ0n) is 13.1. The molecule has 0 unspecified atom stereocenters. The van der Waals surface area contributed by atoms with Crippen molar-refractivity contribution < 1.29 is 9.18 Å². The Hall–Kier alpha value is -2.80. The minimum atomic E-state index is -0.341. The van der Waals surface area contributed by atoms with E-state index < -0.39 is 0 Å². The van der Waals surface area contributed by atoms with E-state index in [1.807, 2.05) is 19.1 Å². The number of hydrogen-bond acceptors (Lipinski definition) is 5. The van der Waals surface area contributed by atoms with E-state index in [0.717, 1.165) is 16.1 Å². The van der Waals surface area contributed by atoms with Crippen LogP contribution in [-0.4, -0.2) is 15.9 Å². The van der Waals surface area contributed by atoms with Crippen LogP contribution >= 0.6 is 11.3 Å². The minimum Gasteiger partial charge on any atom is -0.338 e. The Kier molecular flexibility index (Phi) is 4.52. The van der Waals surface area contributed by atoms with E-state index >= 15 is 0 Å². The number of aromatic nitrogens is 2. The molecular formula is C17H15FN4OS. The van der Waals surface area contributed by atoms with Gasteiger partial charge in [-0.3, -0.25) is 4.79 Å². The predicted molar refractivity (Wildman–Crippen MR) is 94.1 cm³/mol. The molecule has 7 heteroatoms. The lowest BCUT2D eigenvalue weighted by molar-refractivity contribution is -0.114. The quantitative estimate of drug-likeness (QED) is 0.739. The highest BCUT2D eigenvalue weighted by molar-refractivity contribution is 7.19. The first kappa shape index (κ1) is 16.1. The second-order valence-electron chi connectivity index (χ2n) is 5.15. The van der Waals surface area contributed by atoms with Crippen LogP contribution in [0.25, 0.3) is 10.4 Å². The summed E-state index contributed by atoms with van der Waals surface area (Å²) in [6.45, 7) is 3.32. The zero-order chi connectivity index (χ0) is 17.1. The fraction of sp³-hybridized carbons (Fsp3) is 0.118. The van der Waals surface area contributed by atoms with Gasteiger partial charge in [-0.2, -0.15) is 0 Å². The number of amides is 1. The molecule has 2 N–H and O–H groups in total. The number of carbonyl (C=O) groups excluding carboxylic acids is 1. The summed E-state index contributed by atoms with van der Waals surface area (Å²) in [5.41, 5.74) is 2.07. The molecule has 0 aliphatic heterocycles. The lowest BCUT2D eigenvalue weighted by Crippen LogP contribution is -2.04. The number of benzene rings is 1. The van der Waals surface area contributed by atoms with Crippen LogP contribution in [0.4, 0.5) is 21.0 Å². The Morgan fingerprint density at radius 1 is 1.25 bits per heavy atom. The number of pyridine rings is 1. The fourth-order valence-corrected chi connectivity index (χ4v) is 3.22. The van der Waals surface area contributed by atoms with E-state index in [1.165, 1.54) is 24.3 Å². The number of para-hydroxylation sites is 1. The van der Waals surface area contributed by atoms with Crippen LogP contribution in [0.5, 0.6) is 0 Å². The summed E-state index contributed by atoms with van der Waals surface area (Å²) < 4.78 is 13.7. The number of nitrogens with one attached hydrogen (secondary N) is 2. The summed E-state index contributed by atoms with van der Waals surface area (Å²) in [5, 5.41) is 6.21. The van der Waals surface area contributed by atoms with Gasteiger partial charge in [-0.25, -0.2) is 14.4 Å². The Bertz CT molecular complexity index is 894. The monoisotopic (exact) mass is 342 g/mol. The van der Waals surface area contributed by atoms with Crippen molar-refractivity contribution in [3.05, 3.63) is 54.1 Å². The Morgan fingerprint density at radius 2 is 2.04 bits per heavy atom. The minimum absolute atomic E-state index is 0.160. The van der Waals surface area contributed by atoms with E-state index in [9.17, 15) is 9.18 Å². The molecule has 0 saturated carbocycles. The molecule has 3 rings (SSSR count). The SMILES string of the molecule is CC(=O)Nc1nc(C)c(-c2ccnc(Nc3ccccc3F)c2)s1. The van der Waals surface area contributed by atoms with E-state index in [4.69, 9.17) is 0 Å². The molecule has 2 aromatic heterocycles. The fourth-order valence-electron chi connectivity index (χ4n) is 2.21. The van der Waals surface area contributed by atoms with E-state index in [1.54, 1.807) is 24.4 Å². The lowest BCUT2D eigenvalue weighted by atomic mass is 10.2. The summed E-state index contributed by atoms with van der Waals surface area (Å²) in [4.78, 5) is 20.7. The van der Waals surface area contributed by atoms with Crippen molar-refractivity contribution >= 4 is 33.9 Å². The maximum absolute atomic E-state index is 13.7. The van der Waals surface area contributed by atoms with Crippen molar-refractivity contribution in [2.45, 2.75) is 13.8 Å². The van der Waals surface area contributed by atoms with Gasteiger partial charge in [-0.1, -0.05) is 23.5 Å². The third-order valence-electron chi connectivity index (χ3n) is 3.24. The molecule has 2 heterocycles. The van der Waals surface area contributed by atoms with Gasteiger partial charge < -0.3 is 10.6 Å². The molecule has 0 atom stereocenters. The lowest BCUT2D eigenvalue weighted by Gasteiger charge is -2.07. The predicted octanol–water partition coefficient (Wildman–Crippen LogP) is 4.35. The highest BCUT2D eigenvalue weighted by Gasteiger charge is 2.12. The maximum Gasteiger partial charge on any atom is 0.223 e. The van der Waals surface area contributed by atoms with E-state index in [0.29, 0.717) is 16.6 Å². The summed E-state index contributed by atoms with van der Waals surface area (Å²) in [6.07, 6.45) is 1.65. The topological polar surface area (TPSA) is 66.9 Å². The third kappa shape index (κ3) is 3.57. The summed E-state index contributed by atoms with van der Waals surface area (Å²) in [6, 6.07) is 10.1. The molecule has 0 bridgehead atoms. The van der Waals surface area contributed by atoms with Crippen molar-refractivity contribution in [2.75, 3.05) is 10.6 Å². The third-order valence-corrected chi connectivity index (χ3v) is 4.36. The van der Waals surface area contributed by atoms with Crippen molar-refractivity contribution in [3.8, 4) is 10.4 Å². The molecule has 5 nitrogen and oxygen atoms in total. The van der Waals surface area contributed by atoms with Crippen LogP contribution in [0.2, 0.25) is 0 Å². The van der Waals surface area contributed by atoms with Crippen LogP contribution in [0, 0.1) is 12.7 Å². The van der Waals surface area contributed by atoms with Gasteiger partial charge >= 0.3 is 0 Å². The average Bonchev–Trinajstić information content (AvgIpc) is 2.89. The highest BCUT2D eigenvalue weighted by atomic mass is 32.1. The van der Waals surface area contributed by atoms with Gasteiger partial charge in [0.05, 0.1) is 16.3 Å². The van der Waals surface area contributed by atoms with Gasteiger partial charge in [0.15, 0.2) is 5.13 Å². The number of hydrogen-bond donors (Lipinski definition) is 2. The smallest absolute Gasteiger partial charge is 0.223 e. The Morgan fingerprint density at radius 3 is 2.79 bits per heavy atom. The van der Waals surface area contributed by atoms with Gasteiger partial charge in [0.25, 0.3) is 0 Å². The molecule has 0 radical (unpaired) electrons. The van der Waals surface area contributed by atoms with Gasteiger partial charge in [0.1, 0.15) is 11.6 Å². The number of thiazole rings is 1. The molecule has 0 saturated heterocycles. The van der Waals surface area contributed by atoms with Crippen LogP contribution < -0.4 is 10.6 Å². The summed E-state index contributed by atoms with van der Waals surface area (Å²) >= 11 is 1.39. The molecule has 0 spiro atoms. The largest absolute Gasteiger partial charge is 0.338 e. The zero-order valence-corrected chi connectivity index (χ0v) is 13.9. The van der Waals surface area contributed by atoms with E-state index in [-0.39, 0.29) is 11.7 Å². The molecule has 0 fully saturated rings. The number of anilines is 3. The highest BCUT2D eigenvalue weighted by Crippen LogP contribution is 2.33. The van der Waals surface area contributed by atoms with Crippen LogP contribution in [0.15, 0.2) is 42.6 Å². The van der Waals surface area contributed by atoms with Crippen LogP contribution in [0.3, 0.4) is 0 Å². The number of nitrogens with zero attached hydrogens (tertiary/aromatic N) is 2. The second kappa shape index (κ2) is 6.76. The van der Waals surface area contributed by atoms with Crippen LogP contribution in [0.1, 0.15) is 12.6 Å². The van der Waals surface area contributed by atoms with Crippen molar-refractivity contribution in [1.82, 2.24) is 9.97 Å².